The fourth-order valence-electron chi connectivity index (χ4n) is 3.48. The number of nitrogens with one attached hydrogen (secondary N) is 2. The Balaban J connectivity index is 1.63. The molecule has 118 valence electrons. The monoisotopic (exact) mass is 317 g/mol. The number of benzene rings is 1. The van der Waals surface area contributed by atoms with Crippen molar-refractivity contribution in [1.29, 1.82) is 0 Å². The third-order valence-corrected chi connectivity index (χ3v) is 4.63. The van der Waals surface area contributed by atoms with Crippen LogP contribution in [0.3, 0.4) is 0 Å². The lowest BCUT2D eigenvalue weighted by molar-refractivity contribution is 0.820. The van der Waals surface area contributed by atoms with Crippen LogP contribution in [0.5, 0.6) is 0 Å². The van der Waals surface area contributed by atoms with Gasteiger partial charge in [-0.1, -0.05) is 6.07 Å². The Morgan fingerprint density at radius 3 is 3.04 bits per heavy atom. The first-order chi connectivity index (χ1) is 11.8. The molecule has 4 aromatic rings. The first kappa shape index (κ1) is 13.2. The summed E-state index contributed by atoms with van der Waals surface area (Å²) in [6.07, 6.45) is 4.95. The number of tetrazole rings is 1. The zero-order valence-corrected chi connectivity index (χ0v) is 13.1. The Hall–Kier alpha value is -3.22. The summed E-state index contributed by atoms with van der Waals surface area (Å²) in [4.78, 5) is 4.43. The van der Waals surface area contributed by atoms with Crippen LogP contribution in [0.4, 0.5) is 5.82 Å². The molecule has 0 radical (unpaired) electrons. The molecule has 0 amide bonds. The fourth-order valence-corrected chi connectivity index (χ4v) is 3.48. The number of nitrogens with zero attached hydrogens (tertiary/aromatic N) is 5. The molecular weight excluding hydrogens is 302 g/mol. The molecule has 7 nitrogen and oxygen atoms in total. The van der Waals surface area contributed by atoms with E-state index >= 15 is 0 Å². The second-order valence-electron chi connectivity index (χ2n) is 6.07. The topological polar surface area (TPSA) is 84.3 Å². The van der Waals surface area contributed by atoms with E-state index in [4.69, 9.17) is 0 Å². The van der Waals surface area contributed by atoms with Crippen molar-refractivity contribution in [2.24, 2.45) is 7.05 Å². The number of hydrogen-bond donors (Lipinski definition) is 2. The van der Waals surface area contributed by atoms with Crippen molar-refractivity contribution < 1.29 is 0 Å². The number of aromatic amines is 1. The number of aryl methyl sites for hydroxylation is 1. The Morgan fingerprint density at radius 1 is 1.25 bits per heavy atom. The Kier molecular flexibility index (Phi) is 2.70. The van der Waals surface area contributed by atoms with Crippen molar-refractivity contribution in [3.8, 4) is 11.4 Å². The van der Waals surface area contributed by atoms with Crippen molar-refractivity contribution in [3.63, 3.8) is 0 Å². The molecule has 7 heteroatoms. The molecule has 0 bridgehead atoms. The van der Waals surface area contributed by atoms with Crippen LogP contribution in [0.2, 0.25) is 0 Å². The predicted molar refractivity (Wildman–Crippen MR) is 90.4 cm³/mol. The highest BCUT2D eigenvalue weighted by molar-refractivity contribution is 5.88. The lowest BCUT2D eigenvalue weighted by Gasteiger charge is -2.10. The molecule has 1 aliphatic heterocycles. The first-order valence-corrected chi connectivity index (χ1v) is 7.83. The molecule has 1 aliphatic rings. The standard InChI is InChI=1S/C17H15N7/c1-24-9-13(14-8-10-3-2-6-18-16(10)19-14)12-7-11(4-5-15(12)24)17-20-22-23-21-17/h2-7,9,14H,8H2,1H3,(H,18,19)(H,20,21,22,23). The van der Waals surface area contributed by atoms with E-state index in [0.29, 0.717) is 5.82 Å². The van der Waals surface area contributed by atoms with Gasteiger partial charge in [0, 0.05) is 47.9 Å². The van der Waals surface area contributed by atoms with Gasteiger partial charge in [0.2, 0.25) is 5.82 Å². The minimum absolute atomic E-state index is 0.221. The molecule has 0 saturated heterocycles. The van der Waals surface area contributed by atoms with Crippen molar-refractivity contribution >= 4 is 16.7 Å². The number of pyridine rings is 1. The Morgan fingerprint density at radius 2 is 2.21 bits per heavy atom. The van der Waals surface area contributed by atoms with Gasteiger partial charge in [-0.15, -0.1) is 10.2 Å². The van der Waals surface area contributed by atoms with Crippen molar-refractivity contribution in [1.82, 2.24) is 30.2 Å². The van der Waals surface area contributed by atoms with Crippen LogP contribution >= 0.6 is 0 Å². The summed E-state index contributed by atoms with van der Waals surface area (Å²) in [6.45, 7) is 0. The Bertz CT molecular complexity index is 1010. The van der Waals surface area contributed by atoms with Crippen LogP contribution in [0.1, 0.15) is 17.2 Å². The molecule has 0 aliphatic carbocycles. The fraction of sp³-hybridized carbons (Fsp3) is 0.176. The maximum Gasteiger partial charge on any atom is 0.204 e. The van der Waals surface area contributed by atoms with Crippen molar-refractivity contribution in [2.75, 3.05) is 5.32 Å². The van der Waals surface area contributed by atoms with Crippen LogP contribution in [-0.4, -0.2) is 30.2 Å². The molecule has 4 heterocycles. The minimum atomic E-state index is 0.221. The summed E-state index contributed by atoms with van der Waals surface area (Å²) < 4.78 is 2.16. The van der Waals surface area contributed by atoms with E-state index < -0.39 is 0 Å². The normalized spacial score (nSPS) is 16.3. The van der Waals surface area contributed by atoms with Gasteiger partial charge in [-0.3, -0.25) is 0 Å². The molecule has 3 aromatic heterocycles. The highest BCUT2D eigenvalue weighted by Crippen LogP contribution is 2.37. The quantitative estimate of drug-likeness (QED) is 0.593. The lowest BCUT2D eigenvalue weighted by atomic mass is 10.0. The summed E-state index contributed by atoms with van der Waals surface area (Å²) in [5.41, 5.74) is 4.66. The summed E-state index contributed by atoms with van der Waals surface area (Å²) in [5.74, 6) is 1.59. The zero-order valence-electron chi connectivity index (χ0n) is 13.1. The average Bonchev–Trinajstić information content (AvgIpc) is 3.33. The number of aromatic nitrogens is 6. The number of fused-ring (bicyclic) bond motifs is 2. The number of hydrogen-bond acceptors (Lipinski definition) is 5. The molecule has 0 saturated carbocycles. The third kappa shape index (κ3) is 1.91. The molecule has 1 aromatic carbocycles. The van der Waals surface area contributed by atoms with E-state index in [0.717, 1.165) is 17.8 Å². The van der Waals surface area contributed by atoms with Gasteiger partial charge in [0.1, 0.15) is 5.82 Å². The Labute approximate surface area is 137 Å². The van der Waals surface area contributed by atoms with E-state index in [-0.39, 0.29) is 6.04 Å². The van der Waals surface area contributed by atoms with Crippen molar-refractivity contribution in [3.05, 3.63) is 53.9 Å². The predicted octanol–water partition coefficient (Wildman–Crippen LogP) is 2.46. The summed E-state index contributed by atoms with van der Waals surface area (Å²) in [6, 6.07) is 10.6. The van der Waals surface area contributed by atoms with Gasteiger partial charge in [-0.05, 0) is 35.0 Å². The van der Waals surface area contributed by atoms with Gasteiger partial charge in [0.25, 0.3) is 0 Å². The van der Waals surface area contributed by atoms with Crippen LogP contribution in [0.25, 0.3) is 22.3 Å². The molecule has 5 rings (SSSR count). The average molecular weight is 317 g/mol. The largest absolute Gasteiger partial charge is 0.363 e. The van der Waals surface area contributed by atoms with Gasteiger partial charge in [0.15, 0.2) is 0 Å². The summed E-state index contributed by atoms with van der Waals surface area (Å²) in [5, 5.41) is 19.1. The van der Waals surface area contributed by atoms with E-state index in [1.165, 1.54) is 22.0 Å². The second-order valence-corrected chi connectivity index (χ2v) is 6.07. The van der Waals surface area contributed by atoms with Gasteiger partial charge in [-0.2, -0.15) is 5.21 Å². The molecule has 1 atom stereocenters. The van der Waals surface area contributed by atoms with Crippen molar-refractivity contribution in [2.45, 2.75) is 12.5 Å². The van der Waals surface area contributed by atoms with Crippen LogP contribution in [0.15, 0.2) is 42.7 Å². The highest BCUT2D eigenvalue weighted by atomic mass is 15.5. The second kappa shape index (κ2) is 4.89. The number of rotatable bonds is 2. The maximum atomic E-state index is 4.43. The van der Waals surface area contributed by atoms with E-state index in [1.807, 2.05) is 18.3 Å². The molecular formula is C17H15N7. The SMILES string of the molecule is Cn1cc(C2Cc3cccnc3N2)c2cc(-c3nn[nH]n3)ccc21. The van der Waals surface area contributed by atoms with E-state index in [1.54, 1.807) is 0 Å². The van der Waals surface area contributed by atoms with Gasteiger partial charge in [-0.25, -0.2) is 4.98 Å². The van der Waals surface area contributed by atoms with E-state index in [2.05, 4.69) is 66.9 Å². The van der Waals surface area contributed by atoms with Crippen LogP contribution < -0.4 is 5.32 Å². The lowest BCUT2D eigenvalue weighted by Crippen LogP contribution is -2.05. The van der Waals surface area contributed by atoms with Gasteiger partial charge < -0.3 is 9.88 Å². The van der Waals surface area contributed by atoms with Crippen LogP contribution in [0, 0.1) is 0 Å². The highest BCUT2D eigenvalue weighted by Gasteiger charge is 2.25. The molecule has 2 N–H and O–H groups in total. The van der Waals surface area contributed by atoms with Crippen LogP contribution in [-0.2, 0) is 13.5 Å². The summed E-state index contributed by atoms with van der Waals surface area (Å²) >= 11 is 0. The molecule has 0 spiro atoms. The zero-order chi connectivity index (χ0) is 16.1. The molecule has 1 unspecified atom stereocenters. The molecule has 24 heavy (non-hydrogen) atoms. The third-order valence-electron chi connectivity index (χ3n) is 4.63. The maximum absolute atomic E-state index is 4.43. The number of H-pyrrole nitrogens is 1. The van der Waals surface area contributed by atoms with E-state index in [9.17, 15) is 0 Å². The smallest absolute Gasteiger partial charge is 0.204 e. The van der Waals surface area contributed by atoms with Gasteiger partial charge >= 0.3 is 0 Å². The first-order valence-electron chi connectivity index (χ1n) is 7.83. The molecule has 0 fully saturated rings. The number of anilines is 1. The minimum Gasteiger partial charge on any atom is -0.363 e. The van der Waals surface area contributed by atoms with Gasteiger partial charge in [0.05, 0.1) is 6.04 Å². The summed E-state index contributed by atoms with van der Waals surface area (Å²) in [7, 11) is 2.07.